The Morgan fingerprint density at radius 2 is 1.75 bits per heavy atom. The lowest BCUT2D eigenvalue weighted by Gasteiger charge is -2.23. The highest BCUT2D eigenvalue weighted by molar-refractivity contribution is 5.30. The Morgan fingerprint density at radius 3 is 2.25 bits per heavy atom. The van der Waals surface area contributed by atoms with Crippen molar-refractivity contribution in [2.75, 3.05) is 0 Å². The number of nitrogens with one attached hydrogen (secondary N) is 1. The summed E-state index contributed by atoms with van der Waals surface area (Å²) in [7, 11) is 0. The van der Waals surface area contributed by atoms with Gasteiger partial charge in [0.1, 0.15) is 5.82 Å². The molecule has 0 aliphatic heterocycles. The lowest BCUT2D eigenvalue weighted by atomic mass is 9.95. The molecule has 0 saturated carbocycles. The van der Waals surface area contributed by atoms with Gasteiger partial charge in [-0.15, -0.1) is 0 Å². The minimum absolute atomic E-state index is 0.0803. The predicted octanol–water partition coefficient (Wildman–Crippen LogP) is 4.76. The molecule has 1 rings (SSSR count). The molecule has 0 aliphatic carbocycles. The van der Waals surface area contributed by atoms with E-state index < -0.39 is 17.6 Å². The minimum Gasteiger partial charge on any atom is -0.310 e. The number of halogens is 4. The smallest absolute Gasteiger partial charge is 0.310 e. The van der Waals surface area contributed by atoms with Crippen LogP contribution in [-0.4, -0.2) is 6.04 Å². The summed E-state index contributed by atoms with van der Waals surface area (Å²) < 4.78 is 51.5. The van der Waals surface area contributed by atoms with Crippen LogP contribution in [0.2, 0.25) is 0 Å². The van der Waals surface area contributed by atoms with E-state index in [-0.39, 0.29) is 18.2 Å². The molecule has 1 nitrogen and oxygen atoms in total. The summed E-state index contributed by atoms with van der Waals surface area (Å²) in [6.07, 6.45) is -2.59. The third kappa shape index (κ3) is 4.47. The summed E-state index contributed by atoms with van der Waals surface area (Å²) in [4.78, 5) is 0. The highest BCUT2D eigenvalue weighted by atomic mass is 19.4. The molecular weight excluding hydrogens is 270 g/mol. The van der Waals surface area contributed by atoms with Crippen LogP contribution in [0, 0.1) is 11.7 Å². The summed E-state index contributed by atoms with van der Waals surface area (Å²) in [6, 6.07) is 2.94. The Kier molecular flexibility index (Phi) is 5.99. The molecular formula is C15H21F4N. The Morgan fingerprint density at radius 1 is 1.15 bits per heavy atom. The standard InChI is InChI=1S/C15H21F4N/c1-4-11(5-2)10(3)20-9-12-6-7-13(16)8-14(12)15(17,18)19/h6-8,10-11,20H,4-5,9H2,1-3H3. The molecule has 0 heterocycles. The van der Waals surface area contributed by atoms with Crippen molar-refractivity contribution in [2.24, 2.45) is 5.92 Å². The normalized spacial score (nSPS) is 13.8. The van der Waals surface area contributed by atoms with E-state index in [2.05, 4.69) is 19.2 Å². The first kappa shape index (κ1) is 17.0. The number of benzene rings is 1. The largest absolute Gasteiger partial charge is 0.416 e. The zero-order valence-corrected chi connectivity index (χ0v) is 12.0. The van der Waals surface area contributed by atoms with Gasteiger partial charge < -0.3 is 5.32 Å². The van der Waals surface area contributed by atoms with Crippen molar-refractivity contribution < 1.29 is 17.6 Å². The summed E-state index contributed by atoms with van der Waals surface area (Å²) >= 11 is 0. The van der Waals surface area contributed by atoms with Crippen molar-refractivity contribution in [3.63, 3.8) is 0 Å². The molecule has 0 bridgehead atoms. The number of rotatable bonds is 6. The molecule has 1 unspecified atom stereocenters. The lowest BCUT2D eigenvalue weighted by Crippen LogP contribution is -2.33. The minimum atomic E-state index is -4.53. The summed E-state index contributed by atoms with van der Waals surface area (Å²) in [5.41, 5.74) is -0.821. The third-order valence-corrected chi connectivity index (χ3v) is 3.75. The van der Waals surface area contributed by atoms with Crippen molar-refractivity contribution in [2.45, 2.75) is 52.4 Å². The fourth-order valence-electron chi connectivity index (χ4n) is 2.40. The van der Waals surface area contributed by atoms with Gasteiger partial charge >= 0.3 is 6.18 Å². The molecule has 0 fully saturated rings. The molecule has 1 aromatic carbocycles. The molecule has 0 aliphatic rings. The Hall–Kier alpha value is -1.10. The lowest BCUT2D eigenvalue weighted by molar-refractivity contribution is -0.138. The van der Waals surface area contributed by atoms with E-state index in [1.807, 2.05) is 6.92 Å². The van der Waals surface area contributed by atoms with Crippen molar-refractivity contribution in [3.8, 4) is 0 Å². The molecule has 1 atom stereocenters. The van der Waals surface area contributed by atoms with Gasteiger partial charge in [0.15, 0.2) is 0 Å². The predicted molar refractivity (Wildman–Crippen MR) is 71.8 cm³/mol. The van der Waals surface area contributed by atoms with Gasteiger partial charge in [-0.3, -0.25) is 0 Å². The van der Waals surface area contributed by atoms with Crippen LogP contribution in [-0.2, 0) is 12.7 Å². The van der Waals surface area contributed by atoms with Crippen molar-refractivity contribution in [1.82, 2.24) is 5.32 Å². The van der Waals surface area contributed by atoms with Crippen LogP contribution in [0.3, 0.4) is 0 Å². The van der Waals surface area contributed by atoms with E-state index in [4.69, 9.17) is 0 Å². The second kappa shape index (κ2) is 7.07. The molecule has 20 heavy (non-hydrogen) atoms. The van der Waals surface area contributed by atoms with E-state index in [1.165, 1.54) is 6.07 Å². The fraction of sp³-hybridized carbons (Fsp3) is 0.600. The van der Waals surface area contributed by atoms with E-state index in [9.17, 15) is 17.6 Å². The first-order valence-electron chi connectivity index (χ1n) is 6.88. The van der Waals surface area contributed by atoms with E-state index >= 15 is 0 Å². The van der Waals surface area contributed by atoms with E-state index in [1.54, 1.807) is 0 Å². The number of hydrogen-bond acceptors (Lipinski definition) is 1. The summed E-state index contributed by atoms with van der Waals surface area (Å²) in [6.45, 7) is 6.18. The monoisotopic (exact) mass is 291 g/mol. The highest BCUT2D eigenvalue weighted by Crippen LogP contribution is 2.32. The quantitative estimate of drug-likeness (QED) is 0.745. The van der Waals surface area contributed by atoms with Gasteiger partial charge in [-0.1, -0.05) is 32.8 Å². The first-order chi connectivity index (χ1) is 9.29. The average Bonchev–Trinajstić information content (AvgIpc) is 2.37. The van der Waals surface area contributed by atoms with Gasteiger partial charge in [0, 0.05) is 12.6 Å². The molecule has 0 amide bonds. The zero-order valence-electron chi connectivity index (χ0n) is 12.0. The van der Waals surface area contributed by atoms with Crippen LogP contribution in [0.4, 0.5) is 17.6 Å². The van der Waals surface area contributed by atoms with Gasteiger partial charge in [0.05, 0.1) is 5.56 Å². The van der Waals surface area contributed by atoms with Crippen LogP contribution in [0.25, 0.3) is 0 Å². The molecule has 5 heteroatoms. The maximum Gasteiger partial charge on any atom is 0.416 e. The van der Waals surface area contributed by atoms with Gasteiger partial charge in [-0.25, -0.2) is 4.39 Å². The van der Waals surface area contributed by atoms with E-state index in [0.717, 1.165) is 18.9 Å². The van der Waals surface area contributed by atoms with Crippen LogP contribution in [0.1, 0.15) is 44.7 Å². The molecule has 1 N–H and O–H groups in total. The Labute approximate surface area is 117 Å². The van der Waals surface area contributed by atoms with E-state index in [0.29, 0.717) is 12.0 Å². The van der Waals surface area contributed by atoms with Gasteiger partial charge in [-0.05, 0) is 30.5 Å². The van der Waals surface area contributed by atoms with Crippen molar-refractivity contribution >= 4 is 0 Å². The molecule has 114 valence electrons. The first-order valence-corrected chi connectivity index (χ1v) is 6.88. The summed E-state index contributed by atoms with van der Waals surface area (Å²) in [5.74, 6) is -0.445. The topological polar surface area (TPSA) is 12.0 Å². The maximum atomic E-state index is 13.0. The van der Waals surface area contributed by atoms with Crippen molar-refractivity contribution in [3.05, 3.63) is 35.1 Å². The van der Waals surface area contributed by atoms with Crippen molar-refractivity contribution in [1.29, 1.82) is 0 Å². The Bertz CT molecular complexity index is 424. The molecule has 0 spiro atoms. The maximum absolute atomic E-state index is 13.0. The number of alkyl halides is 3. The SMILES string of the molecule is CCC(CC)C(C)NCc1ccc(F)cc1C(F)(F)F. The van der Waals surface area contributed by atoms with Gasteiger partial charge in [0.25, 0.3) is 0 Å². The van der Waals surface area contributed by atoms with Crippen LogP contribution < -0.4 is 5.32 Å². The van der Waals surface area contributed by atoms with Gasteiger partial charge in [-0.2, -0.15) is 13.2 Å². The van der Waals surface area contributed by atoms with Gasteiger partial charge in [0.2, 0.25) is 0 Å². The van der Waals surface area contributed by atoms with Crippen LogP contribution in [0.5, 0.6) is 0 Å². The number of hydrogen-bond donors (Lipinski definition) is 1. The average molecular weight is 291 g/mol. The molecule has 1 aromatic rings. The second-order valence-corrected chi connectivity index (χ2v) is 5.05. The summed E-state index contributed by atoms with van der Waals surface area (Å²) in [5, 5.41) is 3.11. The highest BCUT2D eigenvalue weighted by Gasteiger charge is 2.33. The third-order valence-electron chi connectivity index (χ3n) is 3.75. The molecule has 0 aromatic heterocycles. The fourth-order valence-corrected chi connectivity index (χ4v) is 2.40. The Balaban J connectivity index is 2.83. The zero-order chi connectivity index (χ0) is 15.3. The molecule has 0 saturated heterocycles. The van der Waals surface area contributed by atoms with Crippen LogP contribution >= 0.6 is 0 Å². The van der Waals surface area contributed by atoms with Crippen LogP contribution in [0.15, 0.2) is 18.2 Å². The molecule has 0 radical (unpaired) electrons. The second-order valence-electron chi connectivity index (χ2n) is 5.05.